The van der Waals surface area contributed by atoms with Crippen molar-refractivity contribution < 1.29 is 18.1 Å². The minimum atomic E-state index is -1.03. The Morgan fingerprint density at radius 3 is 2.70 bits per heavy atom. The first-order chi connectivity index (χ1) is 9.54. The number of hydrogen-bond donors (Lipinski definition) is 0. The van der Waals surface area contributed by atoms with E-state index in [4.69, 9.17) is 4.52 Å². The second-order valence-electron chi connectivity index (χ2n) is 4.72. The molecular formula is C13H11F2N3O2. The van der Waals surface area contributed by atoms with Gasteiger partial charge in [0, 0.05) is 18.7 Å². The molecule has 1 aromatic carbocycles. The van der Waals surface area contributed by atoms with Gasteiger partial charge in [-0.05, 0) is 25.1 Å². The molecule has 0 atom stereocenters. The third-order valence-electron chi connectivity index (χ3n) is 3.23. The van der Waals surface area contributed by atoms with Crippen LogP contribution in [0.1, 0.15) is 28.0 Å². The van der Waals surface area contributed by atoms with Crippen molar-refractivity contribution in [2.45, 2.75) is 12.8 Å². The van der Waals surface area contributed by atoms with Crippen molar-refractivity contribution in [1.29, 1.82) is 0 Å². The number of rotatable bonds is 2. The zero-order chi connectivity index (χ0) is 14.3. The molecule has 2 aromatic rings. The first-order valence-corrected chi connectivity index (χ1v) is 6.09. The molecule has 20 heavy (non-hydrogen) atoms. The van der Waals surface area contributed by atoms with Crippen LogP contribution in [0, 0.1) is 18.6 Å². The lowest BCUT2D eigenvalue weighted by molar-refractivity contribution is 0.0568. The molecule has 1 aliphatic rings. The summed E-state index contributed by atoms with van der Waals surface area (Å²) in [4.78, 5) is 17.7. The molecule has 1 saturated heterocycles. The molecule has 0 bridgehead atoms. The Morgan fingerprint density at radius 1 is 1.35 bits per heavy atom. The Bertz CT molecular complexity index is 665. The Kier molecular flexibility index (Phi) is 2.96. The molecule has 0 N–H and O–H groups in total. The highest BCUT2D eigenvalue weighted by Gasteiger charge is 2.35. The van der Waals surface area contributed by atoms with Crippen LogP contribution in [0.25, 0.3) is 0 Å². The predicted octanol–water partition coefficient (Wildman–Crippen LogP) is 1.90. The van der Waals surface area contributed by atoms with Gasteiger partial charge in [-0.15, -0.1) is 0 Å². The quantitative estimate of drug-likeness (QED) is 0.842. The van der Waals surface area contributed by atoms with Crippen molar-refractivity contribution in [3.8, 4) is 0 Å². The lowest BCUT2D eigenvalue weighted by atomic mass is 9.98. The maximum Gasteiger partial charge on any atom is 0.254 e. The highest BCUT2D eigenvalue weighted by atomic mass is 19.2. The molecule has 0 radical (unpaired) electrons. The van der Waals surface area contributed by atoms with E-state index in [9.17, 15) is 13.6 Å². The van der Waals surface area contributed by atoms with E-state index < -0.39 is 11.6 Å². The molecule has 5 nitrogen and oxygen atoms in total. The van der Waals surface area contributed by atoms with Gasteiger partial charge in [-0.1, -0.05) is 5.16 Å². The summed E-state index contributed by atoms with van der Waals surface area (Å²) in [6.07, 6.45) is 0. The first-order valence-electron chi connectivity index (χ1n) is 6.09. The fraction of sp³-hybridized carbons (Fsp3) is 0.308. The van der Waals surface area contributed by atoms with Gasteiger partial charge in [-0.25, -0.2) is 8.78 Å². The molecule has 0 aliphatic carbocycles. The lowest BCUT2D eigenvalue weighted by Gasteiger charge is -2.37. The molecule has 0 saturated carbocycles. The van der Waals surface area contributed by atoms with Gasteiger partial charge in [0.05, 0.1) is 5.92 Å². The van der Waals surface area contributed by atoms with E-state index in [1.807, 2.05) is 0 Å². The third-order valence-corrected chi connectivity index (χ3v) is 3.23. The summed E-state index contributed by atoms with van der Waals surface area (Å²) in [6, 6.07) is 3.12. The molecule has 3 rings (SSSR count). The molecule has 0 spiro atoms. The maximum absolute atomic E-state index is 13.1. The van der Waals surface area contributed by atoms with Gasteiger partial charge >= 0.3 is 0 Å². The van der Waals surface area contributed by atoms with Gasteiger partial charge in [-0.3, -0.25) is 4.79 Å². The van der Waals surface area contributed by atoms with E-state index in [-0.39, 0.29) is 17.4 Å². The second kappa shape index (κ2) is 4.66. The second-order valence-corrected chi connectivity index (χ2v) is 4.72. The normalized spacial score (nSPS) is 15.2. The van der Waals surface area contributed by atoms with E-state index in [0.29, 0.717) is 24.8 Å². The summed E-state index contributed by atoms with van der Waals surface area (Å²) < 4.78 is 30.9. The van der Waals surface area contributed by atoms with Crippen molar-refractivity contribution in [3.63, 3.8) is 0 Å². The smallest absolute Gasteiger partial charge is 0.254 e. The van der Waals surface area contributed by atoms with Crippen LogP contribution >= 0.6 is 0 Å². The number of nitrogens with zero attached hydrogens (tertiary/aromatic N) is 3. The zero-order valence-electron chi connectivity index (χ0n) is 10.6. The Hall–Kier alpha value is -2.31. The number of hydrogen-bond acceptors (Lipinski definition) is 4. The number of carbonyl (C=O) groups is 1. The van der Waals surface area contributed by atoms with Crippen molar-refractivity contribution in [2.75, 3.05) is 13.1 Å². The minimum Gasteiger partial charge on any atom is -0.339 e. The number of amides is 1. The number of likely N-dealkylation sites (tertiary alicyclic amines) is 1. The van der Waals surface area contributed by atoms with Gasteiger partial charge in [0.25, 0.3) is 5.91 Å². The van der Waals surface area contributed by atoms with Gasteiger partial charge < -0.3 is 9.42 Å². The van der Waals surface area contributed by atoms with E-state index in [0.717, 1.165) is 12.1 Å². The van der Waals surface area contributed by atoms with Crippen LogP contribution in [0.4, 0.5) is 8.78 Å². The van der Waals surface area contributed by atoms with Crippen molar-refractivity contribution in [1.82, 2.24) is 15.0 Å². The number of carbonyl (C=O) groups excluding carboxylic acids is 1. The first kappa shape index (κ1) is 12.7. The third kappa shape index (κ3) is 2.15. The van der Waals surface area contributed by atoms with Gasteiger partial charge in [0.1, 0.15) is 0 Å². The number of aromatic nitrogens is 2. The van der Waals surface area contributed by atoms with E-state index in [2.05, 4.69) is 10.1 Å². The number of aryl methyl sites for hydroxylation is 1. The molecule has 0 unspecified atom stereocenters. The van der Waals surface area contributed by atoms with E-state index in [1.165, 1.54) is 11.0 Å². The zero-order valence-corrected chi connectivity index (χ0v) is 10.6. The van der Waals surface area contributed by atoms with Gasteiger partial charge in [0.2, 0.25) is 5.89 Å². The average Bonchev–Trinajstić information content (AvgIpc) is 2.77. The Morgan fingerprint density at radius 2 is 2.10 bits per heavy atom. The lowest BCUT2D eigenvalue weighted by Crippen LogP contribution is -2.48. The fourth-order valence-corrected chi connectivity index (χ4v) is 2.09. The average molecular weight is 279 g/mol. The van der Waals surface area contributed by atoms with Crippen LogP contribution in [0.15, 0.2) is 22.7 Å². The number of benzene rings is 1. The van der Waals surface area contributed by atoms with Crippen LogP contribution < -0.4 is 0 Å². The minimum absolute atomic E-state index is 0.00504. The van der Waals surface area contributed by atoms with Crippen molar-refractivity contribution in [2.24, 2.45) is 0 Å². The summed E-state index contributed by atoms with van der Waals surface area (Å²) in [6.45, 7) is 2.58. The SMILES string of the molecule is Cc1noc(C2CN(C(=O)c3ccc(F)c(F)c3)C2)n1. The summed E-state index contributed by atoms with van der Waals surface area (Å²) in [5.41, 5.74) is 0.129. The highest BCUT2D eigenvalue weighted by molar-refractivity contribution is 5.94. The van der Waals surface area contributed by atoms with Crippen LogP contribution in [0.5, 0.6) is 0 Å². The van der Waals surface area contributed by atoms with Crippen molar-refractivity contribution >= 4 is 5.91 Å². The highest BCUT2D eigenvalue weighted by Crippen LogP contribution is 2.27. The summed E-state index contributed by atoms with van der Waals surface area (Å²) in [5.74, 6) is -1.28. The molecular weight excluding hydrogens is 268 g/mol. The summed E-state index contributed by atoms with van der Waals surface area (Å²) in [5, 5.41) is 3.69. The standard InChI is InChI=1S/C13H11F2N3O2/c1-7-16-12(20-17-7)9-5-18(6-9)13(19)8-2-3-10(14)11(15)4-8/h2-4,9H,5-6H2,1H3. The largest absolute Gasteiger partial charge is 0.339 e. The Balaban J connectivity index is 1.67. The number of halogens is 2. The molecule has 1 fully saturated rings. The van der Waals surface area contributed by atoms with Crippen LogP contribution in [-0.4, -0.2) is 34.0 Å². The summed E-state index contributed by atoms with van der Waals surface area (Å²) >= 11 is 0. The monoisotopic (exact) mass is 279 g/mol. The van der Waals surface area contributed by atoms with Crippen molar-refractivity contribution in [3.05, 3.63) is 47.1 Å². The van der Waals surface area contributed by atoms with Crippen LogP contribution in [0.3, 0.4) is 0 Å². The fourth-order valence-electron chi connectivity index (χ4n) is 2.09. The van der Waals surface area contributed by atoms with Crippen LogP contribution in [-0.2, 0) is 0 Å². The van der Waals surface area contributed by atoms with Gasteiger partial charge in [-0.2, -0.15) is 4.98 Å². The summed E-state index contributed by atoms with van der Waals surface area (Å²) in [7, 11) is 0. The molecule has 104 valence electrons. The van der Waals surface area contributed by atoms with Gasteiger partial charge in [0.15, 0.2) is 17.5 Å². The topological polar surface area (TPSA) is 59.2 Å². The molecule has 2 heterocycles. The molecule has 1 aromatic heterocycles. The molecule has 1 aliphatic heterocycles. The van der Waals surface area contributed by atoms with E-state index in [1.54, 1.807) is 6.92 Å². The van der Waals surface area contributed by atoms with Crippen LogP contribution in [0.2, 0.25) is 0 Å². The Labute approximate surface area is 113 Å². The molecule has 7 heteroatoms. The van der Waals surface area contributed by atoms with E-state index >= 15 is 0 Å². The predicted molar refractivity (Wildman–Crippen MR) is 64.0 cm³/mol. The molecule has 1 amide bonds. The maximum atomic E-state index is 13.1.